The molecule has 17 heavy (non-hydrogen) atoms. The SMILES string of the molecule is CC(CN)Nc1ccc(NS(C)(=O)=O)c(Cl)c1. The third kappa shape index (κ3) is 4.80. The van der Waals surface area contributed by atoms with Crippen molar-refractivity contribution in [1.29, 1.82) is 0 Å². The van der Waals surface area contributed by atoms with E-state index in [-0.39, 0.29) is 6.04 Å². The summed E-state index contributed by atoms with van der Waals surface area (Å²) < 4.78 is 24.5. The number of nitrogens with one attached hydrogen (secondary N) is 2. The van der Waals surface area contributed by atoms with Crippen LogP contribution >= 0.6 is 11.6 Å². The molecule has 1 atom stereocenters. The Bertz CT molecular complexity index is 490. The average molecular weight is 278 g/mol. The molecule has 1 rings (SSSR count). The molecule has 0 spiro atoms. The Morgan fingerprint density at radius 3 is 2.59 bits per heavy atom. The fourth-order valence-electron chi connectivity index (χ4n) is 1.23. The van der Waals surface area contributed by atoms with E-state index in [9.17, 15) is 8.42 Å². The maximum Gasteiger partial charge on any atom is 0.229 e. The highest BCUT2D eigenvalue weighted by atomic mass is 35.5. The number of rotatable bonds is 5. The van der Waals surface area contributed by atoms with Crippen LogP contribution in [-0.4, -0.2) is 27.3 Å². The first kappa shape index (κ1) is 14.1. The van der Waals surface area contributed by atoms with E-state index in [0.717, 1.165) is 11.9 Å². The van der Waals surface area contributed by atoms with Crippen LogP contribution in [0, 0.1) is 0 Å². The molecule has 0 saturated carbocycles. The summed E-state index contributed by atoms with van der Waals surface area (Å²) >= 11 is 5.96. The summed E-state index contributed by atoms with van der Waals surface area (Å²) in [6.07, 6.45) is 1.08. The summed E-state index contributed by atoms with van der Waals surface area (Å²) in [4.78, 5) is 0. The second kappa shape index (κ2) is 5.57. The van der Waals surface area contributed by atoms with E-state index in [1.807, 2.05) is 6.92 Å². The molecule has 96 valence electrons. The van der Waals surface area contributed by atoms with E-state index in [4.69, 9.17) is 17.3 Å². The Morgan fingerprint density at radius 1 is 1.47 bits per heavy atom. The third-order valence-electron chi connectivity index (χ3n) is 2.03. The van der Waals surface area contributed by atoms with Gasteiger partial charge in [-0.25, -0.2) is 8.42 Å². The average Bonchev–Trinajstić information content (AvgIpc) is 2.20. The topological polar surface area (TPSA) is 84.2 Å². The van der Waals surface area contributed by atoms with E-state index in [2.05, 4.69) is 10.0 Å². The van der Waals surface area contributed by atoms with Crippen molar-refractivity contribution in [2.24, 2.45) is 5.73 Å². The lowest BCUT2D eigenvalue weighted by Gasteiger charge is -2.14. The van der Waals surface area contributed by atoms with Gasteiger partial charge in [0.15, 0.2) is 0 Å². The molecule has 0 heterocycles. The quantitative estimate of drug-likeness (QED) is 0.761. The zero-order chi connectivity index (χ0) is 13.1. The van der Waals surface area contributed by atoms with Crippen molar-refractivity contribution in [2.45, 2.75) is 13.0 Å². The number of sulfonamides is 1. The highest BCUT2D eigenvalue weighted by Crippen LogP contribution is 2.26. The van der Waals surface area contributed by atoms with E-state index in [1.165, 1.54) is 0 Å². The molecule has 1 aromatic rings. The highest BCUT2D eigenvalue weighted by molar-refractivity contribution is 7.92. The molecule has 0 amide bonds. The van der Waals surface area contributed by atoms with Gasteiger partial charge >= 0.3 is 0 Å². The lowest BCUT2D eigenvalue weighted by Crippen LogP contribution is -2.25. The molecule has 1 unspecified atom stereocenters. The summed E-state index contributed by atoms with van der Waals surface area (Å²) in [6, 6.07) is 5.13. The molecule has 5 nitrogen and oxygen atoms in total. The molecule has 0 bridgehead atoms. The second-order valence-corrected chi connectivity index (χ2v) is 6.01. The van der Waals surface area contributed by atoms with Crippen LogP contribution in [0.25, 0.3) is 0 Å². The number of hydrogen-bond acceptors (Lipinski definition) is 4. The van der Waals surface area contributed by atoms with Gasteiger partial charge in [0.1, 0.15) is 0 Å². The molecule has 0 aliphatic carbocycles. The van der Waals surface area contributed by atoms with Gasteiger partial charge < -0.3 is 11.1 Å². The van der Waals surface area contributed by atoms with E-state index < -0.39 is 10.0 Å². The summed E-state index contributed by atoms with van der Waals surface area (Å²) in [5.74, 6) is 0. The van der Waals surface area contributed by atoms with E-state index in [0.29, 0.717) is 17.3 Å². The monoisotopic (exact) mass is 277 g/mol. The minimum absolute atomic E-state index is 0.125. The van der Waals surface area contributed by atoms with E-state index >= 15 is 0 Å². The van der Waals surface area contributed by atoms with Crippen molar-refractivity contribution in [1.82, 2.24) is 0 Å². The van der Waals surface area contributed by atoms with Gasteiger partial charge in [-0.3, -0.25) is 4.72 Å². The molecule has 7 heteroatoms. The third-order valence-corrected chi connectivity index (χ3v) is 2.93. The fourth-order valence-corrected chi connectivity index (χ4v) is 2.09. The van der Waals surface area contributed by atoms with Crippen LogP contribution in [-0.2, 0) is 10.0 Å². The highest BCUT2D eigenvalue weighted by Gasteiger charge is 2.07. The van der Waals surface area contributed by atoms with Gasteiger partial charge in [0.2, 0.25) is 10.0 Å². The minimum atomic E-state index is -3.32. The lowest BCUT2D eigenvalue weighted by molar-refractivity contribution is 0.607. The molecule has 4 N–H and O–H groups in total. The molecule has 0 saturated heterocycles. The van der Waals surface area contributed by atoms with Crippen molar-refractivity contribution < 1.29 is 8.42 Å². The maximum atomic E-state index is 11.1. The molecule has 0 fully saturated rings. The summed E-state index contributed by atoms with van der Waals surface area (Å²) in [7, 11) is -3.32. The van der Waals surface area contributed by atoms with Crippen LogP contribution in [0.15, 0.2) is 18.2 Å². The molecule has 0 aliphatic rings. The molecule has 0 radical (unpaired) electrons. The van der Waals surface area contributed by atoms with Gasteiger partial charge in [0.05, 0.1) is 17.0 Å². The summed E-state index contributed by atoms with van der Waals surface area (Å²) in [6.45, 7) is 2.44. The molecular formula is C10H16ClN3O2S. The van der Waals surface area contributed by atoms with Gasteiger partial charge in [-0.1, -0.05) is 11.6 Å². The van der Waals surface area contributed by atoms with Crippen LogP contribution in [0.5, 0.6) is 0 Å². The maximum absolute atomic E-state index is 11.1. The normalized spacial score (nSPS) is 13.2. The first-order valence-corrected chi connectivity index (χ1v) is 7.32. The largest absolute Gasteiger partial charge is 0.381 e. The summed E-state index contributed by atoms with van der Waals surface area (Å²) in [5.41, 5.74) is 6.64. The standard InChI is InChI=1S/C10H16ClN3O2S/c1-7(6-12)13-8-3-4-10(9(11)5-8)14-17(2,15)16/h3-5,7,13-14H,6,12H2,1-2H3. The van der Waals surface area contributed by atoms with Crippen molar-refractivity contribution in [3.63, 3.8) is 0 Å². The first-order chi connectivity index (χ1) is 7.81. The number of halogens is 1. The van der Waals surface area contributed by atoms with Gasteiger partial charge in [0.25, 0.3) is 0 Å². The predicted molar refractivity (Wildman–Crippen MR) is 72.1 cm³/mol. The zero-order valence-corrected chi connectivity index (χ0v) is 11.3. The molecule has 0 aliphatic heterocycles. The molecular weight excluding hydrogens is 262 g/mol. The Kier molecular flexibility index (Phi) is 4.62. The lowest BCUT2D eigenvalue weighted by atomic mass is 10.2. The Morgan fingerprint density at radius 2 is 2.12 bits per heavy atom. The number of anilines is 2. The predicted octanol–water partition coefficient (Wildman–Crippen LogP) is 1.47. The van der Waals surface area contributed by atoms with Gasteiger partial charge in [-0.15, -0.1) is 0 Å². The van der Waals surface area contributed by atoms with Gasteiger partial charge in [-0.2, -0.15) is 0 Å². The Hall–Kier alpha value is -0.980. The summed E-state index contributed by atoms with van der Waals surface area (Å²) in [5, 5.41) is 3.47. The number of nitrogens with two attached hydrogens (primary N) is 1. The van der Waals surface area contributed by atoms with Gasteiger partial charge in [-0.05, 0) is 25.1 Å². The van der Waals surface area contributed by atoms with E-state index in [1.54, 1.807) is 18.2 Å². The van der Waals surface area contributed by atoms with Crippen molar-refractivity contribution in [3.8, 4) is 0 Å². The minimum Gasteiger partial charge on any atom is -0.381 e. The smallest absolute Gasteiger partial charge is 0.229 e. The van der Waals surface area contributed by atoms with Crippen LogP contribution < -0.4 is 15.8 Å². The Balaban J connectivity index is 2.86. The van der Waals surface area contributed by atoms with Crippen LogP contribution in [0.2, 0.25) is 5.02 Å². The molecule has 0 aromatic heterocycles. The fraction of sp³-hybridized carbons (Fsp3) is 0.400. The van der Waals surface area contributed by atoms with Gasteiger partial charge in [0, 0.05) is 18.3 Å². The van der Waals surface area contributed by atoms with Crippen LogP contribution in [0.1, 0.15) is 6.92 Å². The zero-order valence-electron chi connectivity index (χ0n) is 9.70. The first-order valence-electron chi connectivity index (χ1n) is 5.06. The number of hydrogen-bond donors (Lipinski definition) is 3. The van der Waals surface area contributed by atoms with Crippen molar-refractivity contribution in [2.75, 3.05) is 22.8 Å². The molecule has 1 aromatic carbocycles. The van der Waals surface area contributed by atoms with Crippen LogP contribution in [0.3, 0.4) is 0 Å². The Labute approximate surface area is 106 Å². The number of benzene rings is 1. The van der Waals surface area contributed by atoms with Crippen LogP contribution in [0.4, 0.5) is 11.4 Å². The second-order valence-electron chi connectivity index (χ2n) is 3.85. The van der Waals surface area contributed by atoms with Crippen molar-refractivity contribution in [3.05, 3.63) is 23.2 Å². The van der Waals surface area contributed by atoms with Crippen molar-refractivity contribution >= 4 is 33.0 Å².